The second-order valence-corrected chi connectivity index (χ2v) is 3.52. The molecule has 0 saturated carbocycles. The summed E-state index contributed by atoms with van der Waals surface area (Å²) in [5.41, 5.74) is 11.3. The molecule has 0 aromatic carbocycles. The molecule has 0 aliphatic carbocycles. The first-order valence-electron chi connectivity index (χ1n) is 4.77. The summed E-state index contributed by atoms with van der Waals surface area (Å²) in [4.78, 5) is 10.2. The molecule has 0 saturated heterocycles. The number of carbonyl (C=O) groups is 1. The first kappa shape index (κ1) is 12.4. The van der Waals surface area contributed by atoms with Gasteiger partial charge in [0, 0.05) is 18.5 Å². The Hall–Kier alpha value is -0.610. The third kappa shape index (κ3) is 7.74. The van der Waals surface area contributed by atoms with E-state index in [9.17, 15) is 4.79 Å². The first-order valence-corrected chi connectivity index (χ1v) is 4.77. The molecule has 0 aromatic heterocycles. The fourth-order valence-corrected chi connectivity index (χ4v) is 1.10. The standard InChI is InChI=1S/C9H20N2O2/c1-7(10)8(11)5-3-2-4-6-9(12)13/h7-8H,2-6,10-11H2,1H3,(H,12,13)/t7-,8-/m0/s1. The van der Waals surface area contributed by atoms with Crippen LogP contribution in [0.15, 0.2) is 0 Å². The molecule has 0 aliphatic heterocycles. The molecule has 4 heteroatoms. The van der Waals surface area contributed by atoms with Crippen LogP contribution in [-0.4, -0.2) is 23.2 Å². The van der Waals surface area contributed by atoms with Gasteiger partial charge in [-0.15, -0.1) is 0 Å². The van der Waals surface area contributed by atoms with Gasteiger partial charge in [0.1, 0.15) is 0 Å². The lowest BCUT2D eigenvalue weighted by atomic mass is 10.0. The summed E-state index contributed by atoms with van der Waals surface area (Å²) in [7, 11) is 0. The van der Waals surface area contributed by atoms with Crippen LogP contribution in [-0.2, 0) is 4.79 Å². The molecule has 4 nitrogen and oxygen atoms in total. The van der Waals surface area contributed by atoms with Gasteiger partial charge in [0.25, 0.3) is 0 Å². The summed E-state index contributed by atoms with van der Waals surface area (Å²) in [6.45, 7) is 1.89. The summed E-state index contributed by atoms with van der Waals surface area (Å²) in [5.74, 6) is -0.725. The van der Waals surface area contributed by atoms with Crippen LogP contribution in [0.2, 0.25) is 0 Å². The van der Waals surface area contributed by atoms with Crippen molar-refractivity contribution in [1.29, 1.82) is 0 Å². The van der Waals surface area contributed by atoms with E-state index in [1.54, 1.807) is 0 Å². The molecular formula is C9H20N2O2. The van der Waals surface area contributed by atoms with Crippen molar-refractivity contribution in [3.05, 3.63) is 0 Å². The SMILES string of the molecule is C[C@H](N)[C@@H](N)CCCCCC(=O)O. The average Bonchev–Trinajstić information content (AvgIpc) is 2.02. The molecule has 13 heavy (non-hydrogen) atoms. The van der Waals surface area contributed by atoms with E-state index in [0.717, 1.165) is 25.7 Å². The molecule has 0 aromatic rings. The summed E-state index contributed by atoms with van der Waals surface area (Å²) >= 11 is 0. The summed E-state index contributed by atoms with van der Waals surface area (Å²) < 4.78 is 0. The quantitative estimate of drug-likeness (QED) is 0.513. The van der Waals surface area contributed by atoms with Crippen LogP contribution in [0.4, 0.5) is 0 Å². The number of rotatable bonds is 7. The molecule has 0 aliphatic rings. The molecule has 0 bridgehead atoms. The maximum Gasteiger partial charge on any atom is 0.303 e. The minimum Gasteiger partial charge on any atom is -0.481 e. The van der Waals surface area contributed by atoms with Crippen LogP contribution in [0.1, 0.15) is 39.0 Å². The van der Waals surface area contributed by atoms with Crippen LogP contribution in [0.5, 0.6) is 0 Å². The minimum atomic E-state index is -0.725. The molecule has 2 atom stereocenters. The van der Waals surface area contributed by atoms with Crippen molar-refractivity contribution in [1.82, 2.24) is 0 Å². The van der Waals surface area contributed by atoms with Crippen molar-refractivity contribution in [2.45, 2.75) is 51.1 Å². The van der Waals surface area contributed by atoms with Crippen molar-refractivity contribution in [3.8, 4) is 0 Å². The van der Waals surface area contributed by atoms with E-state index in [2.05, 4.69) is 0 Å². The third-order valence-corrected chi connectivity index (χ3v) is 2.10. The second kappa shape index (κ2) is 6.86. The average molecular weight is 188 g/mol. The Kier molecular flexibility index (Phi) is 6.54. The van der Waals surface area contributed by atoms with Gasteiger partial charge in [0.05, 0.1) is 0 Å². The maximum absolute atomic E-state index is 10.2. The van der Waals surface area contributed by atoms with Crippen LogP contribution in [0.25, 0.3) is 0 Å². The van der Waals surface area contributed by atoms with Gasteiger partial charge >= 0.3 is 5.97 Å². The largest absolute Gasteiger partial charge is 0.481 e. The number of carboxylic acids is 1. The highest BCUT2D eigenvalue weighted by Crippen LogP contribution is 2.05. The molecule has 0 rings (SSSR count). The van der Waals surface area contributed by atoms with Gasteiger partial charge in [-0.05, 0) is 19.8 Å². The van der Waals surface area contributed by atoms with E-state index in [1.165, 1.54) is 0 Å². The van der Waals surface area contributed by atoms with E-state index in [4.69, 9.17) is 16.6 Å². The van der Waals surface area contributed by atoms with Gasteiger partial charge in [-0.2, -0.15) is 0 Å². The molecular weight excluding hydrogens is 168 g/mol. The van der Waals surface area contributed by atoms with E-state index >= 15 is 0 Å². The lowest BCUT2D eigenvalue weighted by Crippen LogP contribution is -2.38. The lowest BCUT2D eigenvalue weighted by Gasteiger charge is -2.14. The van der Waals surface area contributed by atoms with Gasteiger partial charge in [-0.25, -0.2) is 0 Å². The molecule has 0 amide bonds. The zero-order chi connectivity index (χ0) is 10.3. The molecule has 78 valence electrons. The number of unbranched alkanes of at least 4 members (excludes halogenated alkanes) is 2. The van der Waals surface area contributed by atoms with Gasteiger partial charge in [0.15, 0.2) is 0 Å². The van der Waals surface area contributed by atoms with Crippen LogP contribution >= 0.6 is 0 Å². The monoisotopic (exact) mass is 188 g/mol. The molecule has 0 radical (unpaired) electrons. The van der Waals surface area contributed by atoms with Crippen LogP contribution in [0.3, 0.4) is 0 Å². The van der Waals surface area contributed by atoms with Gasteiger partial charge < -0.3 is 16.6 Å². The number of aliphatic carboxylic acids is 1. The zero-order valence-corrected chi connectivity index (χ0v) is 8.20. The Balaban J connectivity index is 3.21. The van der Waals surface area contributed by atoms with E-state index in [-0.39, 0.29) is 18.5 Å². The number of hydrogen-bond donors (Lipinski definition) is 3. The second-order valence-electron chi connectivity index (χ2n) is 3.52. The number of hydrogen-bond acceptors (Lipinski definition) is 3. The van der Waals surface area contributed by atoms with E-state index in [1.807, 2.05) is 6.92 Å². The van der Waals surface area contributed by atoms with Crippen molar-refractivity contribution < 1.29 is 9.90 Å². The molecule has 0 fully saturated rings. The normalized spacial score (nSPS) is 15.3. The topological polar surface area (TPSA) is 89.3 Å². The van der Waals surface area contributed by atoms with Gasteiger partial charge in [-0.3, -0.25) is 4.79 Å². The van der Waals surface area contributed by atoms with Crippen molar-refractivity contribution in [3.63, 3.8) is 0 Å². The predicted molar refractivity (Wildman–Crippen MR) is 52.3 cm³/mol. The molecule has 5 N–H and O–H groups in total. The predicted octanol–water partition coefficient (Wildman–Crippen LogP) is 0.696. The van der Waals surface area contributed by atoms with Gasteiger partial charge in [-0.1, -0.05) is 12.8 Å². The smallest absolute Gasteiger partial charge is 0.303 e. The lowest BCUT2D eigenvalue weighted by molar-refractivity contribution is -0.137. The highest BCUT2D eigenvalue weighted by molar-refractivity contribution is 5.66. The number of nitrogens with two attached hydrogens (primary N) is 2. The Morgan fingerprint density at radius 2 is 1.92 bits per heavy atom. The van der Waals surface area contributed by atoms with Crippen molar-refractivity contribution in [2.75, 3.05) is 0 Å². The highest BCUT2D eigenvalue weighted by atomic mass is 16.4. The fraction of sp³-hybridized carbons (Fsp3) is 0.889. The van der Waals surface area contributed by atoms with E-state index < -0.39 is 5.97 Å². The van der Waals surface area contributed by atoms with Crippen molar-refractivity contribution in [2.24, 2.45) is 11.5 Å². The Labute approximate surface area is 79.3 Å². The van der Waals surface area contributed by atoms with E-state index in [0.29, 0.717) is 0 Å². The fourth-order valence-electron chi connectivity index (χ4n) is 1.10. The Bertz CT molecular complexity index is 149. The molecule has 0 spiro atoms. The summed E-state index contributed by atoms with van der Waals surface area (Å²) in [5, 5.41) is 8.37. The molecule has 0 heterocycles. The maximum atomic E-state index is 10.2. The zero-order valence-electron chi connectivity index (χ0n) is 8.20. The van der Waals surface area contributed by atoms with Gasteiger partial charge in [0.2, 0.25) is 0 Å². The first-order chi connectivity index (χ1) is 6.04. The van der Waals surface area contributed by atoms with Crippen LogP contribution < -0.4 is 11.5 Å². The Morgan fingerprint density at radius 3 is 2.38 bits per heavy atom. The highest BCUT2D eigenvalue weighted by Gasteiger charge is 2.06. The van der Waals surface area contributed by atoms with Crippen LogP contribution in [0, 0.1) is 0 Å². The van der Waals surface area contributed by atoms with Crippen molar-refractivity contribution >= 4 is 5.97 Å². The Morgan fingerprint density at radius 1 is 1.31 bits per heavy atom. The number of carboxylic acid groups (broad SMARTS) is 1. The third-order valence-electron chi connectivity index (χ3n) is 2.10. The molecule has 0 unspecified atom stereocenters. The summed E-state index contributed by atoms with van der Waals surface area (Å²) in [6, 6.07) is 0.0734. The minimum absolute atomic E-state index is 0.0273. The summed E-state index contributed by atoms with van der Waals surface area (Å²) in [6.07, 6.45) is 3.77.